The first kappa shape index (κ1) is 12.9. The van der Waals surface area contributed by atoms with Gasteiger partial charge in [-0.15, -0.1) is 0 Å². The summed E-state index contributed by atoms with van der Waals surface area (Å²) in [4.78, 5) is 0. The Bertz CT molecular complexity index is 271. The van der Waals surface area contributed by atoms with E-state index in [1.807, 2.05) is 0 Å². The van der Waals surface area contributed by atoms with Crippen molar-refractivity contribution < 1.29 is 8.42 Å². The molecule has 6 heteroatoms. The Morgan fingerprint density at radius 2 is 2.00 bits per heavy atom. The molecule has 0 radical (unpaired) electrons. The van der Waals surface area contributed by atoms with Gasteiger partial charge in [0.25, 0.3) is 0 Å². The molecule has 0 unspecified atom stereocenters. The third-order valence-corrected chi connectivity index (χ3v) is 4.04. The second-order valence-corrected chi connectivity index (χ2v) is 6.02. The molecule has 1 heterocycles. The molecule has 1 fully saturated rings. The highest BCUT2D eigenvalue weighted by Crippen LogP contribution is 2.12. The summed E-state index contributed by atoms with van der Waals surface area (Å²) in [6, 6.07) is 0.453. The molecule has 3 N–H and O–H groups in total. The van der Waals surface area contributed by atoms with Crippen molar-refractivity contribution >= 4 is 10.0 Å². The first-order valence-electron chi connectivity index (χ1n) is 5.42. The van der Waals surface area contributed by atoms with Gasteiger partial charge in [-0.3, -0.25) is 0 Å². The topological polar surface area (TPSA) is 75.4 Å². The van der Waals surface area contributed by atoms with Crippen molar-refractivity contribution in [2.75, 3.05) is 32.4 Å². The van der Waals surface area contributed by atoms with Gasteiger partial charge in [-0.25, -0.2) is 12.7 Å². The fourth-order valence-electron chi connectivity index (χ4n) is 1.80. The first-order valence-corrected chi connectivity index (χ1v) is 7.27. The normalized spacial score (nSPS) is 20.7. The third-order valence-electron chi connectivity index (χ3n) is 2.74. The molecule has 0 aliphatic carbocycles. The summed E-state index contributed by atoms with van der Waals surface area (Å²) in [6.45, 7) is 2.91. The van der Waals surface area contributed by atoms with E-state index in [9.17, 15) is 8.42 Å². The van der Waals surface area contributed by atoms with Crippen molar-refractivity contribution in [3.8, 4) is 0 Å². The number of hydrogen-bond donors (Lipinski definition) is 2. The molecule has 0 spiro atoms. The Kier molecular flexibility index (Phi) is 4.98. The number of piperidine rings is 1. The van der Waals surface area contributed by atoms with Gasteiger partial charge in [-0.1, -0.05) is 0 Å². The number of hydrogen-bond acceptors (Lipinski definition) is 4. The Hall–Kier alpha value is -0.170. The standard InChI is InChI=1S/C9H21N3O2S/c1-15(13,14)12-7-3-9(4-8-12)11-6-2-5-10/h9,11H,2-8,10H2,1H3. The molecule has 0 aromatic heterocycles. The van der Waals surface area contributed by atoms with E-state index in [4.69, 9.17) is 5.73 Å². The lowest BCUT2D eigenvalue weighted by Crippen LogP contribution is -2.44. The van der Waals surface area contributed by atoms with E-state index in [-0.39, 0.29) is 0 Å². The van der Waals surface area contributed by atoms with E-state index >= 15 is 0 Å². The zero-order chi connectivity index (χ0) is 11.3. The van der Waals surface area contributed by atoms with Crippen LogP contribution in [-0.4, -0.2) is 51.2 Å². The van der Waals surface area contributed by atoms with E-state index in [0.29, 0.717) is 25.7 Å². The summed E-state index contributed by atoms with van der Waals surface area (Å²) in [5.41, 5.74) is 5.40. The Labute approximate surface area is 92.1 Å². The molecule has 1 aliphatic rings. The minimum atomic E-state index is -2.99. The Morgan fingerprint density at radius 1 is 1.40 bits per heavy atom. The number of sulfonamides is 1. The summed E-state index contributed by atoms with van der Waals surface area (Å²) >= 11 is 0. The molecule has 5 nitrogen and oxygen atoms in total. The highest BCUT2D eigenvalue weighted by atomic mass is 32.2. The van der Waals surface area contributed by atoms with Gasteiger partial charge in [0.05, 0.1) is 6.26 Å². The van der Waals surface area contributed by atoms with Crippen molar-refractivity contribution in [3.63, 3.8) is 0 Å². The molecule has 15 heavy (non-hydrogen) atoms. The van der Waals surface area contributed by atoms with Crippen LogP contribution in [-0.2, 0) is 10.0 Å². The molecule has 1 rings (SSSR count). The summed E-state index contributed by atoms with van der Waals surface area (Å²) in [7, 11) is -2.99. The fraction of sp³-hybridized carbons (Fsp3) is 1.00. The van der Waals surface area contributed by atoms with Crippen molar-refractivity contribution in [2.45, 2.75) is 25.3 Å². The van der Waals surface area contributed by atoms with Crippen LogP contribution in [0.2, 0.25) is 0 Å². The van der Waals surface area contributed by atoms with Crippen LogP contribution in [0.15, 0.2) is 0 Å². The second kappa shape index (κ2) is 5.79. The van der Waals surface area contributed by atoms with Crippen LogP contribution in [0, 0.1) is 0 Å². The van der Waals surface area contributed by atoms with Gasteiger partial charge >= 0.3 is 0 Å². The minimum Gasteiger partial charge on any atom is -0.330 e. The maximum Gasteiger partial charge on any atom is 0.211 e. The van der Waals surface area contributed by atoms with Gasteiger partial charge in [-0.2, -0.15) is 0 Å². The number of nitrogens with zero attached hydrogens (tertiary/aromatic N) is 1. The number of nitrogens with two attached hydrogens (primary N) is 1. The van der Waals surface area contributed by atoms with Gasteiger partial charge < -0.3 is 11.1 Å². The van der Waals surface area contributed by atoms with Gasteiger partial charge in [0.1, 0.15) is 0 Å². The molecule has 0 bridgehead atoms. The summed E-state index contributed by atoms with van der Waals surface area (Å²) in [5.74, 6) is 0. The van der Waals surface area contributed by atoms with Crippen LogP contribution >= 0.6 is 0 Å². The monoisotopic (exact) mass is 235 g/mol. The molecule has 0 aromatic rings. The van der Waals surface area contributed by atoms with Crippen molar-refractivity contribution in [2.24, 2.45) is 5.73 Å². The molecule has 1 aliphatic heterocycles. The molecular formula is C9H21N3O2S. The van der Waals surface area contributed by atoms with Crippen LogP contribution < -0.4 is 11.1 Å². The molecule has 0 atom stereocenters. The predicted molar refractivity (Wildman–Crippen MR) is 61.1 cm³/mol. The first-order chi connectivity index (χ1) is 7.04. The van der Waals surface area contributed by atoms with E-state index < -0.39 is 10.0 Å². The zero-order valence-electron chi connectivity index (χ0n) is 9.28. The average molecular weight is 235 g/mol. The van der Waals surface area contributed by atoms with Gasteiger partial charge in [0.2, 0.25) is 10.0 Å². The number of rotatable bonds is 5. The Balaban J connectivity index is 2.24. The van der Waals surface area contributed by atoms with Crippen LogP contribution in [0.1, 0.15) is 19.3 Å². The molecule has 1 saturated heterocycles. The largest absolute Gasteiger partial charge is 0.330 e. The van der Waals surface area contributed by atoms with Crippen molar-refractivity contribution in [1.82, 2.24) is 9.62 Å². The van der Waals surface area contributed by atoms with Crippen LogP contribution in [0.4, 0.5) is 0 Å². The van der Waals surface area contributed by atoms with Gasteiger partial charge in [-0.05, 0) is 32.4 Å². The maximum atomic E-state index is 11.2. The van der Waals surface area contributed by atoms with Crippen molar-refractivity contribution in [1.29, 1.82) is 0 Å². The lowest BCUT2D eigenvalue weighted by atomic mass is 10.1. The summed E-state index contributed by atoms with van der Waals surface area (Å²) in [6.07, 6.45) is 4.05. The lowest BCUT2D eigenvalue weighted by molar-refractivity contribution is 0.291. The molecule has 90 valence electrons. The van der Waals surface area contributed by atoms with Crippen molar-refractivity contribution in [3.05, 3.63) is 0 Å². The van der Waals surface area contributed by atoms with Gasteiger partial charge in [0.15, 0.2) is 0 Å². The highest BCUT2D eigenvalue weighted by molar-refractivity contribution is 7.88. The predicted octanol–water partition coefficient (Wildman–Crippen LogP) is -0.651. The number of nitrogens with one attached hydrogen (secondary N) is 1. The quantitative estimate of drug-likeness (QED) is 0.621. The summed E-state index contributed by atoms with van der Waals surface area (Å²) in [5, 5.41) is 3.39. The summed E-state index contributed by atoms with van der Waals surface area (Å²) < 4.78 is 24.0. The molecular weight excluding hydrogens is 214 g/mol. The molecule has 0 aromatic carbocycles. The van der Waals surface area contributed by atoms with E-state index in [2.05, 4.69) is 5.32 Å². The maximum absolute atomic E-state index is 11.2. The molecule has 0 amide bonds. The average Bonchev–Trinajstić information content (AvgIpc) is 2.18. The minimum absolute atomic E-state index is 0.453. The van der Waals surface area contributed by atoms with Crippen LogP contribution in [0.5, 0.6) is 0 Å². The molecule has 0 saturated carbocycles. The van der Waals surface area contributed by atoms with E-state index in [1.54, 1.807) is 4.31 Å². The smallest absolute Gasteiger partial charge is 0.211 e. The van der Waals surface area contributed by atoms with E-state index in [1.165, 1.54) is 6.26 Å². The van der Waals surface area contributed by atoms with Crippen LogP contribution in [0.3, 0.4) is 0 Å². The highest BCUT2D eigenvalue weighted by Gasteiger charge is 2.24. The Morgan fingerprint density at radius 3 is 2.47 bits per heavy atom. The van der Waals surface area contributed by atoms with E-state index in [0.717, 1.165) is 25.8 Å². The van der Waals surface area contributed by atoms with Gasteiger partial charge in [0, 0.05) is 19.1 Å². The lowest BCUT2D eigenvalue weighted by Gasteiger charge is -2.30. The fourth-order valence-corrected chi connectivity index (χ4v) is 2.67. The second-order valence-electron chi connectivity index (χ2n) is 4.03. The third kappa shape index (κ3) is 4.46. The van der Waals surface area contributed by atoms with Crippen LogP contribution in [0.25, 0.3) is 0 Å². The SMILES string of the molecule is CS(=O)(=O)N1CCC(NCCCN)CC1. The zero-order valence-corrected chi connectivity index (χ0v) is 10.1.